The minimum atomic E-state index is -0.540. The van der Waals surface area contributed by atoms with Crippen molar-refractivity contribution in [2.45, 2.75) is 20.4 Å². The van der Waals surface area contributed by atoms with Gasteiger partial charge in [-0.25, -0.2) is 0 Å². The fourth-order valence-electron chi connectivity index (χ4n) is 1.15. The van der Waals surface area contributed by atoms with E-state index in [4.69, 9.17) is 17.3 Å². The lowest BCUT2D eigenvalue weighted by molar-refractivity contribution is -0.129. The number of rotatable bonds is 4. The van der Waals surface area contributed by atoms with Gasteiger partial charge in [-0.05, 0) is 25.5 Å². The number of amides is 1. The fourth-order valence-corrected chi connectivity index (χ4v) is 1.35. The molecule has 0 unspecified atom stereocenters. The summed E-state index contributed by atoms with van der Waals surface area (Å²) < 4.78 is 0. The molecule has 1 aromatic rings. The average Bonchev–Trinajstić information content (AvgIpc) is 2.27. The molecule has 0 saturated carbocycles. The first-order valence-corrected chi connectivity index (χ1v) is 5.57. The van der Waals surface area contributed by atoms with Gasteiger partial charge in [0, 0.05) is 18.1 Å². The summed E-state index contributed by atoms with van der Waals surface area (Å²) in [5.41, 5.74) is 5.89. The highest BCUT2D eigenvalue weighted by Crippen LogP contribution is 2.16. The predicted octanol–water partition coefficient (Wildman–Crippen LogP) is 2.36. The van der Waals surface area contributed by atoms with Crippen LogP contribution < -0.4 is 11.1 Å². The molecule has 0 aliphatic rings. The molecule has 0 radical (unpaired) electrons. The molecular formula is C12H18Cl2N2O. The smallest absolute Gasteiger partial charge is 0.227 e. The van der Waals surface area contributed by atoms with Gasteiger partial charge in [0.1, 0.15) is 0 Å². The molecule has 0 bridgehead atoms. The third kappa shape index (κ3) is 4.54. The van der Waals surface area contributed by atoms with Crippen molar-refractivity contribution in [2.24, 2.45) is 11.1 Å². The van der Waals surface area contributed by atoms with Crippen molar-refractivity contribution in [3.05, 3.63) is 34.9 Å². The molecule has 3 N–H and O–H groups in total. The van der Waals surface area contributed by atoms with Crippen molar-refractivity contribution in [3.63, 3.8) is 0 Å². The maximum Gasteiger partial charge on any atom is 0.227 e. The zero-order valence-electron chi connectivity index (χ0n) is 10.00. The van der Waals surface area contributed by atoms with Gasteiger partial charge in [-0.15, -0.1) is 12.4 Å². The van der Waals surface area contributed by atoms with E-state index in [0.717, 1.165) is 5.56 Å². The van der Waals surface area contributed by atoms with Gasteiger partial charge in [-0.1, -0.05) is 29.8 Å². The normalized spacial score (nSPS) is 10.6. The average molecular weight is 277 g/mol. The first-order valence-electron chi connectivity index (χ1n) is 5.19. The van der Waals surface area contributed by atoms with Gasteiger partial charge in [0.2, 0.25) is 5.91 Å². The molecule has 3 nitrogen and oxygen atoms in total. The molecule has 1 amide bonds. The molecule has 0 fully saturated rings. The van der Waals surface area contributed by atoms with Crippen LogP contribution in [0.5, 0.6) is 0 Å². The number of halogens is 2. The molecule has 5 heteroatoms. The number of nitrogens with two attached hydrogens (primary N) is 1. The Balaban J connectivity index is 0.00000256. The summed E-state index contributed by atoms with van der Waals surface area (Å²) in [6.07, 6.45) is 0. The van der Waals surface area contributed by atoms with Crippen molar-refractivity contribution in [2.75, 3.05) is 6.54 Å². The molecule has 17 heavy (non-hydrogen) atoms. The molecule has 1 aromatic carbocycles. The minimum Gasteiger partial charge on any atom is -0.351 e. The molecule has 0 aromatic heterocycles. The highest BCUT2D eigenvalue weighted by Gasteiger charge is 2.25. The van der Waals surface area contributed by atoms with Crippen LogP contribution in [0.4, 0.5) is 0 Å². The van der Waals surface area contributed by atoms with Crippen LogP contribution in [0.25, 0.3) is 0 Å². The van der Waals surface area contributed by atoms with Gasteiger partial charge in [-0.3, -0.25) is 4.79 Å². The Bertz CT molecular complexity index is 381. The number of hydrogen-bond donors (Lipinski definition) is 2. The van der Waals surface area contributed by atoms with Crippen LogP contribution in [0, 0.1) is 5.41 Å². The second-order valence-corrected chi connectivity index (χ2v) is 4.77. The lowest BCUT2D eigenvalue weighted by Crippen LogP contribution is -2.41. The van der Waals surface area contributed by atoms with Gasteiger partial charge in [0.25, 0.3) is 0 Å². The van der Waals surface area contributed by atoms with Crippen LogP contribution in [0.1, 0.15) is 19.4 Å². The van der Waals surface area contributed by atoms with E-state index in [1.807, 2.05) is 32.0 Å². The maximum absolute atomic E-state index is 11.7. The second-order valence-electron chi connectivity index (χ2n) is 4.36. The van der Waals surface area contributed by atoms with E-state index in [-0.39, 0.29) is 18.3 Å². The monoisotopic (exact) mass is 276 g/mol. The van der Waals surface area contributed by atoms with E-state index in [2.05, 4.69) is 5.32 Å². The number of benzene rings is 1. The van der Waals surface area contributed by atoms with Crippen molar-refractivity contribution in [1.82, 2.24) is 5.32 Å². The Labute approximate surface area is 113 Å². The lowest BCUT2D eigenvalue weighted by Gasteiger charge is -2.21. The number of nitrogens with one attached hydrogen (secondary N) is 1. The van der Waals surface area contributed by atoms with Crippen molar-refractivity contribution in [1.29, 1.82) is 0 Å². The van der Waals surface area contributed by atoms with Crippen LogP contribution >= 0.6 is 24.0 Å². The molecule has 0 heterocycles. The number of carbonyl (C=O) groups is 1. The third-order valence-corrected chi connectivity index (χ3v) is 2.89. The van der Waals surface area contributed by atoms with Crippen LogP contribution in [-0.4, -0.2) is 12.5 Å². The van der Waals surface area contributed by atoms with Crippen LogP contribution in [-0.2, 0) is 11.3 Å². The summed E-state index contributed by atoms with van der Waals surface area (Å²) in [7, 11) is 0. The van der Waals surface area contributed by atoms with E-state index >= 15 is 0 Å². The van der Waals surface area contributed by atoms with Crippen molar-refractivity contribution < 1.29 is 4.79 Å². The first kappa shape index (κ1) is 16.2. The standard InChI is InChI=1S/C12H17ClN2O.ClH/c1-12(2,8-14)11(16)15-7-9-5-3-4-6-10(9)13;/h3-6H,7-8,14H2,1-2H3,(H,15,16);1H. The Morgan fingerprint density at radius 2 is 2.00 bits per heavy atom. The first-order chi connectivity index (χ1) is 7.47. The largest absolute Gasteiger partial charge is 0.351 e. The van der Waals surface area contributed by atoms with Crippen LogP contribution in [0.2, 0.25) is 5.02 Å². The summed E-state index contributed by atoms with van der Waals surface area (Å²) >= 11 is 5.98. The second kappa shape index (κ2) is 6.84. The number of hydrogen-bond acceptors (Lipinski definition) is 2. The highest BCUT2D eigenvalue weighted by molar-refractivity contribution is 6.31. The van der Waals surface area contributed by atoms with E-state index in [1.54, 1.807) is 6.07 Å². The van der Waals surface area contributed by atoms with Gasteiger partial charge in [-0.2, -0.15) is 0 Å². The van der Waals surface area contributed by atoms with E-state index in [0.29, 0.717) is 18.1 Å². The maximum atomic E-state index is 11.7. The molecule has 0 aliphatic carbocycles. The Kier molecular flexibility index (Phi) is 6.53. The molecule has 0 saturated heterocycles. The van der Waals surface area contributed by atoms with Crippen molar-refractivity contribution in [3.8, 4) is 0 Å². The summed E-state index contributed by atoms with van der Waals surface area (Å²) in [5.74, 6) is -0.0603. The molecule has 0 atom stereocenters. The lowest BCUT2D eigenvalue weighted by atomic mass is 9.92. The van der Waals surface area contributed by atoms with Gasteiger partial charge >= 0.3 is 0 Å². The van der Waals surface area contributed by atoms with E-state index in [9.17, 15) is 4.79 Å². The molecule has 0 aliphatic heterocycles. The third-order valence-electron chi connectivity index (χ3n) is 2.52. The minimum absolute atomic E-state index is 0. The summed E-state index contributed by atoms with van der Waals surface area (Å²) in [6.45, 7) is 4.38. The zero-order chi connectivity index (χ0) is 12.2. The summed E-state index contributed by atoms with van der Waals surface area (Å²) in [6, 6.07) is 7.44. The molecular weight excluding hydrogens is 259 g/mol. The zero-order valence-corrected chi connectivity index (χ0v) is 11.6. The summed E-state index contributed by atoms with van der Waals surface area (Å²) in [4.78, 5) is 11.7. The SMILES string of the molecule is CC(C)(CN)C(=O)NCc1ccccc1Cl.Cl. The van der Waals surface area contributed by atoms with Crippen LogP contribution in [0.3, 0.4) is 0 Å². The highest BCUT2D eigenvalue weighted by atomic mass is 35.5. The Morgan fingerprint density at radius 1 is 1.41 bits per heavy atom. The molecule has 0 spiro atoms. The quantitative estimate of drug-likeness (QED) is 0.887. The Hall–Kier alpha value is -0.770. The van der Waals surface area contributed by atoms with Gasteiger partial charge in [0.15, 0.2) is 0 Å². The number of carbonyl (C=O) groups excluding carboxylic acids is 1. The van der Waals surface area contributed by atoms with Crippen LogP contribution in [0.15, 0.2) is 24.3 Å². The van der Waals surface area contributed by atoms with Crippen molar-refractivity contribution >= 4 is 29.9 Å². The molecule has 1 rings (SSSR count). The predicted molar refractivity (Wildman–Crippen MR) is 73.4 cm³/mol. The van der Waals surface area contributed by atoms with Gasteiger partial charge in [0.05, 0.1) is 5.41 Å². The summed E-state index contributed by atoms with van der Waals surface area (Å²) in [5, 5.41) is 3.49. The van der Waals surface area contributed by atoms with E-state index in [1.165, 1.54) is 0 Å². The van der Waals surface area contributed by atoms with Gasteiger partial charge < -0.3 is 11.1 Å². The van der Waals surface area contributed by atoms with E-state index < -0.39 is 5.41 Å². The topological polar surface area (TPSA) is 55.1 Å². The molecule has 96 valence electrons. The Morgan fingerprint density at radius 3 is 2.53 bits per heavy atom. The fraction of sp³-hybridized carbons (Fsp3) is 0.417.